The van der Waals surface area contributed by atoms with Gasteiger partial charge in [0, 0.05) is 6.54 Å². The van der Waals surface area contributed by atoms with Crippen LogP contribution < -0.4 is 5.32 Å². The highest BCUT2D eigenvalue weighted by Gasteiger charge is 1.93. The SMILES string of the molecule is CCCCCCCCCCCCCCCCCC.CNCc1ccccc1. The summed E-state index contributed by atoms with van der Waals surface area (Å²) in [4.78, 5) is 0. The van der Waals surface area contributed by atoms with Crippen molar-refractivity contribution in [3.8, 4) is 0 Å². The molecule has 0 amide bonds. The van der Waals surface area contributed by atoms with E-state index in [1.54, 1.807) is 0 Å². The fourth-order valence-electron chi connectivity index (χ4n) is 3.42. The molecule has 1 aromatic rings. The van der Waals surface area contributed by atoms with Crippen LogP contribution in [0, 0.1) is 0 Å². The lowest BCUT2D eigenvalue weighted by atomic mass is 10.0. The molecule has 1 rings (SSSR count). The number of hydrogen-bond donors (Lipinski definition) is 1. The van der Waals surface area contributed by atoms with Crippen molar-refractivity contribution >= 4 is 0 Å². The van der Waals surface area contributed by atoms with Crippen LogP contribution in [-0.4, -0.2) is 7.05 Å². The highest BCUT2D eigenvalue weighted by molar-refractivity contribution is 5.13. The molecule has 0 radical (unpaired) electrons. The Morgan fingerprint density at radius 3 is 1.15 bits per heavy atom. The van der Waals surface area contributed by atoms with Gasteiger partial charge in [-0.1, -0.05) is 147 Å². The third kappa shape index (κ3) is 21.3. The largest absolute Gasteiger partial charge is 0.316 e. The van der Waals surface area contributed by atoms with Crippen LogP contribution in [-0.2, 0) is 6.54 Å². The lowest BCUT2D eigenvalue weighted by Gasteiger charge is -2.03. The van der Waals surface area contributed by atoms with Gasteiger partial charge >= 0.3 is 0 Å². The summed E-state index contributed by atoms with van der Waals surface area (Å²) in [6, 6.07) is 10.3. The van der Waals surface area contributed by atoms with Crippen LogP contribution in [0.5, 0.6) is 0 Å². The van der Waals surface area contributed by atoms with Crippen LogP contribution in [0.15, 0.2) is 30.3 Å². The van der Waals surface area contributed by atoms with Crippen molar-refractivity contribution in [3.05, 3.63) is 35.9 Å². The highest BCUT2D eigenvalue weighted by Crippen LogP contribution is 2.13. The molecule has 0 atom stereocenters. The number of benzene rings is 1. The predicted molar refractivity (Wildman–Crippen MR) is 124 cm³/mol. The molecular formula is C26H49N. The lowest BCUT2D eigenvalue weighted by Crippen LogP contribution is -2.04. The molecule has 1 nitrogen and oxygen atoms in total. The third-order valence-corrected chi connectivity index (χ3v) is 5.18. The van der Waals surface area contributed by atoms with Gasteiger partial charge in [0.15, 0.2) is 0 Å². The second-order valence-electron chi connectivity index (χ2n) is 7.97. The van der Waals surface area contributed by atoms with Gasteiger partial charge in [0.1, 0.15) is 0 Å². The first-order valence-electron chi connectivity index (χ1n) is 12.0. The maximum Gasteiger partial charge on any atom is 0.0202 e. The Morgan fingerprint density at radius 2 is 0.852 bits per heavy atom. The summed E-state index contributed by atoms with van der Waals surface area (Å²) in [6.07, 6.45) is 23.4. The molecule has 0 aliphatic carbocycles. The van der Waals surface area contributed by atoms with E-state index in [1.165, 1.54) is 108 Å². The van der Waals surface area contributed by atoms with Gasteiger partial charge in [0.05, 0.1) is 0 Å². The van der Waals surface area contributed by atoms with Gasteiger partial charge in [0.25, 0.3) is 0 Å². The van der Waals surface area contributed by atoms with E-state index in [0.29, 0.717) is 0 Å². The normalized spacial score (nSPS) is 10.5. The summed E-state index contributed by atoms with van der Waals surface area (Å²) < 4.78 is 0. The standard InChI is InChI=1S/C18H38.C8H11N/c1-3-5-7-9-11-13-15-17-18-16-14-12-10-8-6-4-2;1-9-7-8-5-3-2-4-6-8/h3-18H2,1-2H3;2-6,9H,7H2,1H3. The first kappa shape index (κ1) is 26.2. The van der Waals surface area contributed by atoms with Crippen molar-refractivity contribution in [2.24, 2.45) is 0 Å². The average Bonchev–Trinajstić information content (AvgIpc) is 2.70. The van der Waals surface area contributed by atoms with E-state index < -0.39 is 0 Å². The van der Waals surface area contributed by atoms with E-state index >= 15 is 0 Å². The Labute approximate surface area is 171 Å². The Bertz CT molecular complexity index is 344. The average molecular weight is 376 g/mol. The molecule has 0 saturated carbocycles. The van der Waals surface area contributed by atoms with E-state index in [0.717, 1.165) is 6.54 Å². The van der Waals surface area contributed by atoms with Crippen LogP contribution in [0.3, 0.4) is 0 Å². The van der Waals surface area contributed by atoms with Gasteiger partial charge in [-0.3, -0.25) is 0 Å². The molecule has 0 unspecified atom stereocenters. The zero-order valence-electron chi connectivity index (χ0n) is 18.9. The quantitative estimate of drug-likeness (QED) is 0.268. The maximum atomic E-state index is 3.08. The summed E-state index contributed by atoms with van der Waals surface area (Å²) in [5.41, 5.74) is 1.33. The van der Waals surface area contributed by atoms with E-state index in [-0.39, 0.29) is 0 Å². The second kappa shape index (κ2) is 23.2. The maximum absolute atomic E-state index is 3.08. The molecule has 0 saturated heterocycles. The van der Waals surface area contributed by atoms with E-state index in [9.17, 15) is 0 Å². The Kier molecular flexibility index (Phi) is 22.5. The van der Waals surface area contributed by atoms with Gasteiger partial charge in [-0.15, -0.1) is 0 Å². The third-order valence-electron chi connectivity index (χ3n) is 5.18. The zero-order valence-corrected chi connectivity index (χ0v) is 18.9. The van der Waals surface area contributed by atoms with E-state index in [4.69, 9.17) is 0 Å². The fourth-order valence-corrected chi connectivity index (χ4v) is 3.42. The monoisotopic (exact) mass is 375 g/mol. The minimum atomic E-state index is 0.959. The molecule has 0 aliphatic heterocycles. The molecule has 0 aliphatic rings. The van der Waals surface area contributed by atoms with Gasteiger partial charge in [-0.2, -0.15) is 0 Å². The van der Waals surface area contributed by atoms with Crippen molar-refractivity contribution in [2.45, 2.75) is 123 Å². The van der Waals surface area contributed by atoms with E-state index in [1.807, 2.05) is 25.2 Å². The van der Waals surface area contributed by atoms with Crippen LogP contribution >= 0.6 is 0 Å². The summed E-state index contributed by atoms with van der Waals surface area (Å²) in [5, 5.41) is 3.08. The molecule has 0 heterocycles. The summed E-state index contributed by atoms with van der Waals surface area (Å²) in [7, 11) is 1.95. The van der Waals surface area contributed by atoms with E-state index in [2.05, 4.69) is 31.3 Å². The minimum Gasteiger partial charge on any atom is -0.316 e. The van der Waals surface area contributed by atoms with Crippen molar-refractivity contribution < 1.29 is 0 Å². The first-order chi connectivity index (χ1) is 13.3. The highest BCUT2D eigenvalue weighted by atomic mass is 14.8. The van der Waals surface area contributed by atoms with Crippen LogP contribution in [0.4, 0.5) is 0 Å². The van der Waals surface area contributed by atoms with Gasteiger partial charge in [0.2, 0.25) is 0 Å². The predicted octanol–water partition coefficient (Wildman–Crippen LogP) is 8.67. The summed E-state index contributed by atoms with van der Waals surface area (Å²) >= 11 is 0. The summed E-state index contributed by atoms with van der Waals surface area (Å²) in [6.45, 7) is 5.55. The molecule has 1 aromatic carbocycles. The molecule has 0 spiro atoms. The second-order valence-corrected chi connectivity index (χ2v) is 7.97. The van der Waals surface area contributed by atoms with Crippen LogP contribution in [0.2, 0.25) is 0 Å². The Balaban J connectivity index is 0.000000621. The fraction of sp³-hybridized carbons (Fsp3) is 0.769. The van der Waals surface area contributed by atoms with Crippen LogP contribution in [0.25, 0.3) is 0 Å². The smallest absolute Gasteiger partial charge is 0.0202 e. The molecule has 1 heteroatoms. The molecule has 1 N–H and O–H groups in total. The topological polar surface area (TPSA) is 12.0 Å². The summed E-state index contributed by atoms with van der Waals surface area (Å²) in [5.74, 6) is 0. The molecule has 27 heavy (non-hydrogen) atoms. The molecule has 158 valence electrons. The van der Waals surface area contributed by atoms with Gasteiger partial charge in [-0.05, 0) is 12.6 Å². The molecule has 0 bridgehead atoms. The molecular weight excluding hydrogens is 326 g/mol. The number of rotatable bonds is 17. The van der Waals surface area contributed by atoms with Gasteiger partial charge in [-0.25, -0.2) is 0 Å². The van der Waals surface area contributed by atoms with Crippen molar-refractivity contribution in [3.63, 3.8) is 0 Å². The molecule has 0 fully saturated rings. The number of unbranched alkanes of at least 4 members (excludes halogenated alkanes) is 15. The Hall–Kier alpha value is -0.820. The number of nitrogens with one attached hydrogen (secondary N) is 1. The van der Waals surface area contributed by atoms with Crippen molar-refractivity contribution in [1.82, 2.24) is 5.32 Å². The molecule has 0 aromatic heterocycles. The van der Waals surface area contributed by atoms with Crippen molar-refractivity contribution in [2.75, 3.05) is 7.05 Å². The first-order valence-corrected chi connectivity index (χ1v) is 12.0. The van der Waals surface area contributed by atoms with Crippen molar-refractivity contribution in [1.29, 1.82) is 0 Å². The van der Waals surface area contributed by atoms with Crippen LogP contribution in [0.1, 0.15) is 122 Å². The van der Waals surface area contributed by atoms with Gasteiger partial charge < -0.3 is 5.32 Å². The minimum absolute atomic E-state index is 0.959. The number of hydrogen-bond acceptors (Lipinski definition) is 1. The lowest BCUT2D eigenvalue weighted by molar-refractivity contribution is 0.531. The Morgan fingerprint density at radius 1 is 0.519 bits per heavy atom. The zero-order chi connectivity index (χ0) is 19.8.